The summed E-state index contributed by atoms with van der Waals surface area (Å²) < 4.78 is 5.46. The normalized spacial score (nSPS) is 16.8. The lowest BCUT2D eigenvalue weighted by Gasteiger charge is -2.23. The summed E-state index contributed by atoms with van der Waals surface area (Å²) in [6, 6.07) is 24.8. The summed E-state index contributed by atoms with van der Waals surface area (Å²) in [6.07, 6.45) is 3.41. The van der Waals surface area contributed by atoms with E-state index in [9.17, 15) is 14.4 Å². The molecule has 2 aliphatic rings. The smallest absolute Gasteiger partial charge is 0.410 e. The summed E-state index contributed by atoms with van der Waals surface area (Å²) in [4.78, 5) is 39.3. The molecule has 0 unspecified atom stereocenters. The maximum absolute atomic E-state index is 13.1. The van der Waals surface area contributed by atoms with Gasteiger partial charge < -0.3 is 15.4 Å². The van der Waals surface area contributed by atoms with Gasteiger partial charge in [-0.25, -0.2) is 4.79 Å². The Morgan fingerprint density at radius 1 is 0.838 bits per heavy atom. The molecule has 1 aliphatic carbocycles. The van der Waals surface area contributed by atoms with E-state index in [0.717, 1.165) is 41.5 Å². The van der Waals surface area contributed by atoms with E-state index < -0.39 is 12.1 Å². The Labute approximate surface area is 216 Å². The number of rotatable bonds is 8. The highest BCUT2D eigenvalue weighted by atomic mass is 16.6. The van der Waals surface area contributed by atoms with E-state index in [1.54, 1.807) is 0 Å². The van der Waals surface area contributed by atoms with E-state index in [4.69, 9.17) is 4.74 Å². The second kappa shape index (κ2) is 11.3. The van der Waals surface area contributed by atoms with Crippen molar-refractivity contribution in [3.63, 3.8) is 0 Å². The fourth-order valence-electron chi connectivity index (χ4n) is 4.57. The number of carbonyl (C=O) groups is 3. The molecule has 3 aromatic carbocycles. The zero-order chi connectivity index (χ0) is 25.6. The second-order valence-electron chi connectivity index (χ2n) is 9.68. The monoisotopic (exact) mass is 497 g/mol. The minimum absolute atomic E-state index is 0.0601. The van der Waals surface area contributed by atoms with Gasteiger partial charge in [0.05, 0.1) is 6.42 Å². The molecule has 2 N–H and O–H groups in total. The molecule has 1 saturated carbocycles. The summed E-state index contributed by atoms with van der Waals surface area (Å²) in [7, 11) is 0. The number of hydrogen-bond acceptors (Lipinski definition) is 4. The van der Waals surface area contributed by atoms with Crippen molar-refractivity contribution < 1.29 is 19.1 Å². The molecule has 0 aromatic heterocycles. The van der Waals surface area contributed by atoms with Crippen LogP contribution in [0.3, 0.4) is 0 Å². The quantitative estimate of drug-likeness (QED) is 0.463. The number of nitrogens with one attached hydrogen (secondary N) is 2. The van der Waals surface area contributed by atoms with Gasteiger partial charge in [0.1, 0.15) is 12.6 Å². The summed E-state index contributed by atoms with van der Waals surface area (Å²) in [5.41, 5.74) is 4.49. The molecule has 0 radical (unpaired) electrons. The van der Waals surface area contributed by atoms with Gasteiger partial charge in [-0.05, 0) is 60.1 Å². The number of benzene rings is 3. The van der Waals surface area contributed by atoms with Crippen molar-refractivity contribution in [2.24, 2.45) is 0 Å². The van der Waals surface area contributed by atoms with Gasteiger partial charge in [0.25, 0.3) is 0 Å². The van der Waals surface area contributed by atoms with Gasteiger partial charge in [-0.3, -0.25) is 14.5 Å². The Bertz CT molecular complexity index is 1260. The maximum atomic E-state index is 13.1. The van der Waals surface area contributed by atoms with Crippen molar-refractivity contribution in [3.05, 3.63) is 90.0 Å². The van der Waals surface area contributed by atoms with Crippen molar-refractivity contribution in [3.8, 4) is 11.1 Å². The van der Waals surface area contributed by atoms with Gasteiger partial charge in [-0.1, -0.05) is 66.7 Å². The fourth-order valence-corrected chi connectivity index (χ4v) is 4.57. The van der Waals surface area contributed by atoms with Gasteiger partial charge in [0.2, 0.25) is 11.8 Å². The minimum Gasteiger partial charge on any atom is -0.445 e. The van der Waals surface area contributed by atoms with Crippen LogP contribution in [-0.2, 0) is 27.4 Å². The molecule has 7 nitrogen and oxygen atoms in total. The Balaban J connectivity index is 1.18. The molecule has 3 amide bonds. The first kappa shape index (κ1) is 24.6. The number of anilines is 1. The van der Waals surface area contributed by atoms with E-state index in [0.29, 0.717) is 31.1 Å². The molecule has 2 fully saturated rings. The number of likely N-dealkylation sites (tertiary alicyclic amines) is 1. The van der Waals surface area contributed by atoms with Crippen LogP contribution in [0.2, 0.25) is 0 Å². The Morgan fingerprint density at radius 3 is 2.38 bits per heavy atom. The first-order valence-electron chi connectivity index (χ1n) is 12.8. The molecule has 1 atom stereocenters. The third-order valence-corrected chi connectivity index (χ3v) is 6.72. The zero-order valence-corrected chi connectivity index (χ0v) is 20.7. The summed E-state index contributed by atoms with van der Waals surface area (Å²) in [6.45, 7) is 0.674. The third kappa shape index (κ3) is 6.55. The van der Waals surface area contributed by atoms with Gasteiger partial charge in [-0.2, -0.15) is 0 Å². The van der Waals surface area contributed by atoms with Crippen LogP contribution in [0.5, 0.6) is 0 Å². The molecule has 7 heteroatoms. The SMILES string of the molecule is O=C(Cc1ccc(-c2cccc(NC(=O)[C@@H]3CCCN3C(=O)OCc3ccccc3)c2)cc1)NC1CC1. The van der Waals surface area contributed by atoms with E-state index in [1.807, 2.05) is 78.9 Å². The molecule has 1 saturated heterocycles. The molecule has 5 rings (SSSR count). The number of nitrogens with zero attached hydrogens (tertiary/aromatic N) is 1. The predicted octanol–water partition coefficient (Wildman–Crippen LogP) is 4.91. The number of hydrogen-bond donors (Lipinski definition) is 2. The van der Waals surface area contributed by atoms with E-state index in [-0.39, 0.29) is 18.4 Å². The second-order valence-corrected chi connectivity index (χ2v) is 9.68. The van der Waals surface area contributed by atoms with Crippen LogP contribution in [0.15, 0.2) is 78.9 Å². The summed E-state index contributed by atoms with van der Waals surface area (Å²) in [5, 5.41) is 5.98. The van der Waals surface area contributed by atoms with Crippen molar-refractivity contribution in [2.75, 3.05) is 11.9 Å². The summed E-state index contributed by atoms with van der Waals surface area (Å²) in [5.74, 6) is -0.159. The lowest BCUT2D eigenvalue weighted by Crippen LogP contribution is -2.43. The van der Waals surface area contributed by atoms with Crippen LogP contribution in [0.1, 0.15) is 36.8 Å². The van der Waals surface area contributed by atoms with Crippen LogP contribution in [-0.4, -0.2) is 41.4 Å². The highest BCUT2D eigenvalue weighted by molar-refractivity contribution is 5.97. The standard InChI is InChI=1S/C30H31N3O4/c34-28(31-25-15-16-25)18-21-11-13-23(14-12-21)24-8-4-9-26(19-24)32-29(35)27-10-5-17-33(27)30(36)37-20-22-6-2-1-3-7-22/h1-4,6-9,11-14,19,25,27H,5,10,15-18,20H2,(H,31,34)(H,32,35)/t27-/m0/s1. The number of amides is 3. The zero-order valence-electron chi connectivity index (χ0n) is 20.7. The fraction of sp³-hybridized carbons (Fsp3) is 0.300. The van der Waals surface area contributed by atoms with Crippen LogP contribution in [0.4, 0.5) is 10.5 Å². The van der Waals surface area contributed by atoms with Crippen LogP contribution in [0, 0.1) is 0 Å². The largest absolute Gasteiger partial charge is 0.445 e. The summed E-state index contributed by atoms with van der Waals surface area (Å²) >= 11 is 0. The molecular weight excluding hydrogens is 466 g/mol. The van der Waals surface area contributed by atoms with Crippen LogP contribution in [0.25, 0.3) is 11.1 Å². The average molecular weight is 498 g/mol. The van der Waals surface area contributed by atoms with Crippen molar-refractivity contribution in [1.82, 2.24) is 10.2 Å². The Hall–Kier alpha value is -4.13. The third-order valence-electron chi connectivity index (χ3n) is 6.72. The first-order valence-corrected chi connectivity index (χ1v) is 12.8. The molecular formula is C30H31N3O4. The van der Waals surface area contributed by atoms with Crippen LogP contribution < -0.4 is 10.6 Å². The highest BCUT2D eigenvalue weighted by Crippen LogP contribution is 2.25. The topological polar surface area (TPSA) is 87.7 Å². The van der Waals surface area contributed by atoms with Crippen molar-refractivity contribution >= 4 is 23.6 Å². The average Bonchev–Trinajstić information content (AvgIpc) is 3.58. The highest BCUT2D eigenvalue weighted by Gasteiger charge is 2.35. The molecule has 1 heterocycles. The van der Waals surface area contributed by atoms with Crippen molar-refractivity contribution in [2.45, 2.75) is 50.8 Å². The molecule has 3 aromatic rings. The van der Waals surface area contributed by atoms with Crippen molar-refractivity contribution in [1.29, 1.82) is 0 Å². The van der Waals surface area contributed by atoms with E-state index >= 15 is 0 Å². The Morgan fingerprint density at radius 2 is 1.62 bits per heavy atom. The predicted molar refractivity (Wildman–Crippen MR) is 142 cm³/mol. The maximum Gasteiger partial charge on any atom is 0.410 e. The minimum atomic E-state index is -0.562. The molecule has 0 bridgehead atoms. The lowest BCUT2D eigenvalue weighted by molar-refractivity contribution is -0.121. The molecule has 37 heavy (non-hydrogen) atoms. The molecule has 190 valence electrons. The van der Waals surface area contributed by atoms with Gasteiger partial charge in [0, 0.05) is 18.3 Å². The van der Waals surface area contributed by atoms with E-state index in [2.05, 4.69) is 10.6 Å². The number of ether oxygens (including phenoxy) is 1. The Kier molecular flexibility index (Phi) is 7.49. The first-order chi connectivity index (χ1) is 18.0. The van der Waals surface area contributed by atoms with Gasteiger partial charge >= 0.3 is 6.09 Å². The lowest BCUT2D eigenvalue weighted by atomic mass is 10.0. The molecule has 1 aliphatic heterocycles. The number of carbonyl (C=O) groups excluding carboxylic acids is 3. The van der Waals surface area contributed by atoms with Gasteiger partial charge in [-0.15, -0.1) is 0 Å². The molecule has 0 spiro atoms. The van der Waals surface area contributed by atoms with E-state index in [1.165, 1.54) is 4.90 Å². The van der Waals surface area contributed by atoms with Gasteiger partial charge in [0.15, 0.2) is 0 Å². The van der Waals surface area contributed by atoms with Crippen LogP contribution >= 0.6 is 0 Å².